The van der Waals surface area contributed by atoms with Crippen LogP contribution in [0.4, 0.5) is 0 Å². The molecule has 58 valence electrons. The van der Waals surface area contributed by atoms with E-state index in [1.165, 1.54) is 5.57 Å². The number of carbonyl (C=O) groups is 1. The fourth-order valence-electron chi connectivity index (χ4n) is 0.670. The first-order valence-corrected chi connectivity index (χ1v) is 3.89. The van der Waals surface area contributed by atoms with E-state index >= 15 is 0 Å². The number of Topliss-reactive ketones (excluding diaryl/α,β-unsaturated/α-hetero) is 1. The number of hydrogen-bond acceptors (Lipinski definition) is 1. The first-order valence-electron chi connectivity index (χ1n) is 3.89. The van der Waals surface area contributed by atoms with Gasteiger partial charge in [0.05, 0.1) is 0 Å². The Morgan fingerprint density at radius 1 is 1.20 bits per heavy atom. The largest absolute Gasteiger partial charge is 0.300 e. The van der Waals surface area contributed by atoms with Crippen molar-refractivity contribution >= 4 is 5.78 Å². The summed E-state index contributed by atoms with van der Waals surface area (Å²) in [4.78, 5) is 10.8. The van der Waals surface area contributed by atoms with Crippen molar-refractivity contribution in [1.82, 2.24) is 0 Å². The normalized spacial score (nSPS) is 9.40. The van der Waals surface area contributed by atoms with E-state index in [1.54, 1.807) is 0 Å². The molecule has 0 atom stereocenters. The van der Waals surface area contributed by atoms with Crippen LogP contribution >= 0.6 is 0 Å². The zero-order valence-corrected chi connectivity index (χ0v) is 6.94. The van der Waals surface area contributed by atoms with Crippen LogP contribution in [-0.2, 0) is 4.79 Å². The summed E-state index contributed by atoms with van der Waals surface area (Å²) in [6.07, 6.45) is 3.22. The van der Waals surface area contributed by atoms with Gasteiger partial charge in [-0.15, -0.1) is 0 Å². The van der Waals surface area contributed by atoms with Gasteiger partial charge in [0.1, 0.15) is 5.78 Å². The van der Waals surface area contributed by atoms with E-state index in [4.69, 9.17) is 0 Å². The number of carbonyl (C=O) groups excluding carboxylic acids is 1. The van der Waals surface area contributed by atoms with Gasteiger partial charge in [-0.05, 0) is 12.8 Å². The maximum absolute atomic E-state index is 10.8. The molecule has 0 amide bonds. The van der Waals surface area contributed by atoms with Crippen LogP contribution in [0.25, 0.3) is 0 Å². The molecule has 0 unspecified atom stereocenters. The minimum Gasteiger partial charge on any atom is -0.300 e. The second kappa shape index (κ2) is 5.21. The highest BCUT2D eigenvalue weighted by molar-refractivity contribution is 5.78. The molecule has 0 aliphatic heterocycles. The van der Waals surface area contributed by atoms with Crippen molar-refractivity contribution in [2.75, 3.05) is 0 Å². The lowest BCUT2D eigenvalue weighted by Crippen LogP contribution is -1.94. The van der Waals surface area contributed by atoms with Gasteiger partial charge in [0.2, 0.25) is 0 Å². The standard InChI is InChI=1S/C9H16O/c1-4-8(3)6-7-9(10)5-2/h3-7H2,1-2H3. The molecular formula is C9H16O. The molecule has 0 rings (SSSR count). The van der Waals surface area contributed by atoms with Gasteiger partial charge in [0.15, 0.2) is 0 Å². The maximum Gasteiger partial charge on any atom is 0.132 e. The van der Waals surface area contributed by atoms with E-state index in [0.29, 0.717) is 18.6 Å². The Labute approximate surface area is 63.1 Å². The van der Waals surface area contributed by atoms with Crippen LogP contribution in [0.15, 0.2) is 12.2 Å². The van der Waals surface area contributed by atoms with E-state index in [9.17, 15) is 4.79 Å². The first kappa shape index (κ1) is 9.41. The Hall–Kier alpha value is -0.590. The van der Waals surface area contributed by atoms with E-state index < -0.39 is 0 Å². The van der Waals surface area contributed by atoms with Crippen molar-refractivity contribution in [3.8, 4) is 0 Å². The number of allylic oxidation sites excluding steroid dienone is 1. The Kier molecular flexibility index (Phi) is 4.91. The molecule has 0 radical (unpaired) electrons. The Balaban J connectivity index is 3.35. The predicted octanol–water partition coefficient (Wildman–Crippen LogP) is 2.71. The monoisotopic (exact) mass is 140 g/mol. The molecule has 0 aromatic rings. The molecule has 0 fully saturated rings. The predicted molar refractivity (Wildman–Crippen MR) is 44.0 cm³/mol. The zero-order chi connectivity index (χ0) is 7.98. The lowest BCUT2D eigenvalue weighted by Gasteiger charge is -1.98. The van der Waals surface area contributed by atoms with Crippen LogP contribution in [0.1, 0.15) is 39.5 Å². The molecule has 0 heterocycles. The van der Waals surface area contributed by atoms with Gasteiger partial charge >= 0.3 is 0 Å². The quantitative estimate of drug-likeness (QED) is 0.536. The third-order valence-electron chi connectivity index (χ3n) is 1.65. The van der Waals surface area contributed by atoms with Crippen LogP contribution in [0, 0.1) is 0 Å². The fourth-order valence-corrected chi connectivity index (χ4v) is 0.670. The van der Waals surface area contributed by atoms with Crippen molar-refractivity contribution in [3.05, 3.63) is 12.2 Å². The summed E-state index contributed by atoms with van der Waals surface area (Å²) in [7, 11) is 0. The van der Waals surface area contributed by atoms with E-state index in [2.05, 4.69) is 13.5 Å². The van der Waals surface area contributed by atoms with E-state index in [-0.39, 0.29) is 0 Å². The third kappa shape index (κ3) is 4.30. The zero-order valence-electron chi connectivity index (χ0n) is 6.94. The second-order valence-corrected chi connectivity index (χ2v) is 2.50. The molecule has 0 aromatic carbocycles. The van der Waals surface area contributed by atoms with Crippen LogP contribution in [0.2, 0.25) is 0 Å². The van der Waals surface area contributed by atoms with Crippen LogP contribution < -0.4 is 0 Å². The molecule has 0 saturated heterocycles. The Morgan fingerprint density at radius 2 is 1.80 bits per heavy atom. The summed E-state index contributed by atoms with van der Waals surface area (Å²) in [5.41, 5.74) is 1.18. The van der Waals surface area contributed by atoms with Gasteiger partial charge in [0.25, 0.3) is 0 Å². The molecule has 0 aliphatic rings. The highest BCUT2D eigenvalue weighted by atomic mass is 16.1. The van der Waals surface area contributed by atoms with Crippen molar-refractivity contribution in [3.63, 3.8) is 0 Å². The molecule has 1 nitrogen and oxygen atoms in total. The van der Waals surface area contributed by atoms with Gasteiger partial charge in [-0.3, -0.25) is 4.79 Å². The molecule has 0 bridgehead atoms. The average molecular weight is 140 g/mol. The molecule has 0 aromatic heterocycles. The lowest BCUT2D eigenvalue weighted by atomic mass is 10.1. The van der Waals surface area contributed by atoms with Gasteiger partial charge < -0.3 is 0 Å². The summed E-state index contributed by atoms with van der Waals surface area (Å²) in [5.74, 6) is 0.342. The number of hydrogen-bond donors (Lipinski definition) is 0. The summed E-state index contributed by atoms with van der Waals surface area (Å²) in [6.45, 7) is 7.80. The maximum atomic E-state index is 10.8. The summed E-state index contributed by atoms with van der Waals surface area (Å²) >= 11 is 0. The van der Waals surface area contributed by atoms with Gasteiger partial charge in [-0.2, -0.15) is 0 Å². The molecular weight excluding hydrogens is 124 g/mol. The van der Waals surface area contributed by atoms with Gasteiger partial charge in [-0.1, -0.05) is 26.0 Å². The third-order valence-corrected chi connectivity index (χ3v) is 1.65. The van der Waals surface area contributed by atoms with Gasteiger partial charge in [-0.25, -0.2) is 0 Å². The highest BCUT2D eigenvalue weighted by Crippen LogP contribution is 2.06. The summed E-state index contributed by atoms with van der Waals surface area (Å²) < 4.78 is 0. The lowest BCUT2D eigenvalue weighted by molar-refractivity contribution is -0.118. The Morgan fingerprint density at radius 3 is 2.20 bits per heavy atom. The summed E-state index contributed by atoms with van der Waals surface area (Å²) in [5, 5.41) is 0. The molecule has 0 N–H and O–H groups in total. The molecule has 0 spiro atoms. The van der Waals surface area contributed by atoms with Crippen LogP contribution in [-0.4, -0.2) is 5.78 Å². The van der Waals surface area contributed by atoms with Crippen molar-refractivity contribution in [2.24, 2.45) is 0 Å². The number of rotatable bonds is 5. The van der Waals surface area contributed by atoms with Gasteiger partial charge in [0, 0.05) is 12.8 Å². The summed E-state index contributed by atoms with van der Waals surface area (Å²) in [6, 6.07) is 0. The number of ketones is 1. The average Bonchev–Trinajstić information content (AvgIpc) is 1.99. The Bertz CT molecular complexity index is 109. The minimum atomic E-state index is 0.342. The first-order chi connectivity index (χ1) is 4.70. The van der Waals surface area contributed by atoms with Crippen molar-refractivity contribution in [2.45, 2.75) is 39.5 Å². The molecule has 0 saturated carbocycles. The fraction of sp³-hybridized carbons (Fsp3) is 0.667. The van der Waals surface area contributed by atoms with Crippen LogP contribution in [0.3, 0.4) is 0 Å². The highest BCUT2D eigenvalue weighted by Gasteiger charge is 1.97. The van der Waals surface area contributed by atoms with Crippen molar-refractivity contribution < 1.29 is 4.79 Å². The SMILES string of the molecule is C=C(CC)CCC(=O)CC. The second-order valence-electron chi connectivity index (χ2n) is 2.50. The van der Waals surface area contributed by atoms with Crippen LogP contribution in [0.5, 0.6) is 0 Å². The molecule has 10 heavy (non-hydrogen) atoms. The van der Waals surface area contributed by atoms with E-state index in [0.717, 1.165) is 12.8 Å². The minimum absolute atomic E-state index is 0.342. The van der Waals surface area contributed by atoms with E-state index in [1.807, 2.05) is 6.92 Å². The molecule has 0 aliphatic carbocycles. The topological polar surface area (TPSA) is 17.1 Å². The smallest absolute Gasteiger partial charge is 0.132 e. The van der Waals surface area contributed by atoms with Crippen molar-refractivity contribution in [1.29, 1.82) is 0 Å². The molecule has 1 heteroatoms.